The zero-order valence-corrected chi connectivity index (χ0v) is 8.64. The van der Waals surface area contributed by atoms with Gasteiger partial charge in [0.05, 0.1) is 0 Å². The predicted octanol–water partition coefficient (Wildman–Crippen LogP) is 1.33. The fraction of sp³-hybridized carbons (Fsp3) is 1.00. The van der Waals surface area contributed by atoms with Gasteiger partial charge >= 0.3 is 0 Å². The van der Waals surface area contributed by atoms with Crippen LogP contribution in [0, 0.1) is 5.92 Å². The molecule has 0 aromatic rings. The number of nitrogens with one attached hydrogen (secondary N) is 1. The summed E-state index contributed by atoms with van der Waals surface area (Å²) in [6, 6.07) is 0.735. The van der Waals surface area contributed by atoms with Gasteiger partial charge in [-0.3, -0.25) is 0 Å². The lowest BCUT2D eigenvalue weighted by Gasteiger charge is -2.33. The van der Waals surface area contributed by atoms with Crippen LogP contribution in [0.25, 0.3) is 0 Å². The Morgan fingerprint density at radius 2 is 2.25 bits per heavy atom. The van der Waals surface area contributed by atoms with Gasteiger partial charge in [0.2, 0.25) is 0 Å². The highest BCUT2D eigenvalue weighted by Gasteiger charge is 2.18. The van der Waals surface area contributed by atoms with Crippen molar-refractivity contribution in [1.29, 1.82) is 0 Å². The van der Waals surface area contributed by atoms with E-state index in [1.165, 1.54) is 32.6 Å². The van der Waals surface area contributed by atoms with E-state index in [9.17, 15) is 0 Å². The second-order valence-electron chi connectivity index (χ2n) is 4.17. The third-order valence-electron chi connectivity index (χ3n) is 2.54. The summed E-state index contributed by atoms with van der Waals surface area (Å²) in [5, 5.41) is 3.57. The van der Waals surface area contributed by atoms with Crippen molar-refractivity contribution in [2.45, 2.75) is 33.2 Å². The molecule has 1 saturated heterocycles. The Morgan fingerprint density at radius 1 is 1.50 bits per heavy atom. The molecular weight excluding hydrogens is 148 g/mol. The molecule has 1 rings (SSSR count). The zero-order valence-electron chi connectivity index (χ0n) is 8.64. The van der Waals surface area contributed by atoms with Crippen LogP contribution in [0.1, 0.15) is 27.2 Å². The molecule has 12 heavy (non-hydrogen) atoms. The molecule has 0 unspecified atom stereocenters. The van der Waals surface area contributed by atoms with E-state index in [-0.39, 0.29) is 0 Å². The Balaban J connectivity index is 2.25. The molecule has 1 fully saturated rings. The lowest BCUT2D eigenvalue weighted by Crippen LogP contribution is -2.50. The normalized spacial score (nSPS) is 26.5. The molecule has 72 valence electrons. The molecule has 1 aliphatic heterocycles. The first kappa shape index (κ1) is 10.0. The van der Waals surface area contributed by atoms with Crippen molar-refractivity contribution in [1.82, 2.24) is 10.2 Å². The van der Waals surface area contributed by atoms with Crippen molar-refractivity contribution in [3.8, 4) is 0 Å². The molecule has 0 amide bonds. The molecule has 1 heterocycles. The van der Waals surface area contributed by atoms with Gasteiger partial charge < -0.3 is 10.2 Å². The third-order valence-corrected chi connectivity index (χ3v) is 2.54. The van der Waals surface area contributed by atoms with Crippen LogP contribution in [0.3, 0.4) is 0 Å². The molecule has 0 bridgehead atoms. The molecule has 2 nitrogen and oxygen atoms in total. The largest absolute Gasteiger partial charge is 0.311 e. The molecule has 0 aliphatic carbocycles. The van der Waals surface area contributed by atoms with E-state index in [0.29, 0.717) is 0 Å². The van der Waals surface area contributed by atoms with Crippen molar-refractivity contribution in [2.75, 3.05) is 26.2 Å². The average molecular weight is 170 g/mol. The Hall–Kier alpha value is -0.0800. The number of piperazine rings is 1. The predicted molar refractivity (Wildman–Crippen MR) is 53.4 cm³/mol. The number of likely N-dealkylation sites (N-methyl/N-ethyl adjacent to an activating group) is 1. The van der Waals surface area contributed by atoms with E-state index < -0.39 is 0 Å². The van der Waals surface area contributed by atoms with Gasteiger partial charge in [-0.05, 0) is 18.9 Å². The second kappa shape index (κ2) is 4.83. The van der Waals surface area contributed by atoms with Crippen LogP contribution >= 0.6 is 0 Å². The molecule has 0 aromatic heterocycles. The number of rotatable bonds is 3. The van der Waals surface area contributed by atoms with Crippen LogP contribution in [-0.2, 0) is 0 Å². The minimum absolute atomic E-state index is 0.735. The lowest BCUT2D eigenvalue weighted by molar-refractivity contribution is 0.194. The molecule has 1 atom stereocenters. The van der Waals surface area contributed by atoms with E-state index in [1.807, 2.05) is 0 Å². The van der Waals surface area contributed by atoms with Gasteiger partial charge in [0.1, 0.15) is 0 Å². The maximum absolute atomic E-state index is 3.57. The first-order chi connectivity index (χ1) is 5.72. The molecule has 1 aliphatic rings. The molecule has 2 heteroatoms. The molecule has 0 spiro atoms. The minimum atomic E-state index is 0.735. The number of hydrogen-bond acceptors (Lipinski definition) is 2. The van der Waals surface area contributed by atoms with Gasteiger partial charge in [-0.15, -0.1) is 0 Å². The van der Waals surface area contributed by atoms with Crippen LogP contribution < -0.4 is 5.32 Å². The van der Waals surface area contributed by atoms with Gasteiger partial charge in [-0.1, -0.05) is 20.8 Å². The number of hydrogen-bond donors (Lipinski definition) is 1. The van der Waals surface area contributed by atoms with E-state index in [1.54, 1.807) is 0 Å². The summed E-state index contributed by atoms with van der Waals surface area (Å²) in [7, 11) is 0. The number of nitrogens with zero attached hydrogens (tertiary/aromatic N) is 1. The van der Waals surface area contributed by atoms with E-state index in [4.69, 9.17) is 0 Å². The maximum atomic E-state index is 3.57. The van der Waals surface area contributed by atoms with Gasteiger partial charge in [0.25, 0.3) is 0 Å². The fourth-order valence-electron chi connectivity index (χ4n) is 1.91. The van der Waals surface area contributed by atoms with Gasteiger partial charge in [0.15, 0.2) is 0 Å². The van der Waals surface area contributed by atoms with E-state index in [0.717, 1.165) is 12.0 Å². The Bertz CT molecular complexity index is 123. The standard InChI is InChI=1S/C10H22N2/c1-4-12-6-5-11-10(8-12)7-9(2)3/h9-11H,4-8H2,1-3H3/t10-/m1/s1. The fourth-order valence-corrected chi connectivity index (χ4v) is 1.91. The summed E-state index contributed by atoms with van der Waals surface area (Å²) < 4.78 is 0. The van der Waals surface area contributed by atoms with Crippen LogP contribution in [0.15, 0.2) is 0 Å². The summed E-state index contributed by atoms with van der Waals surface area (Å²) in [5.74, 6) is 0.819. The van der Waals surface area contributed by atoms with Crippen LogP contribution in [0.2, 0.25) is 0 Å². The van der Waals surface area contributed by atoms with Crippen molar-refractivity contribution in [2.24, 2.45) is 5.92 Å². The zero-order chi connectivity index (χ0) is 8.97. The first-order valence-corrected chi connectivity index (χ1v) is 5.18. The third kappa shape index (κ3) is 3.11. The van der Waals surface area contributed by atoms with Gasteiger partial charge in [0, 0.05) is 25.7 Å². The van der Waals surface area contributed by atoms with Crippen LogP contribution in [0.4, 0.5) is 0 Å². The highest BCUT2D eigenvalue weighted by Crippen LogP contribution is 2.08. The Morgan fingerprint density at radius 3 is 2.83 bits per heavy atom. The van der Waals surface area contributed by atoms with Crippen LogP contribution in [0.5, 0.6) is 0 Å². The van der Waals surface area contributed by atoms with Crippen LogP contribution in [-0.4, -0.2) is 37.1 Å². The highest BCUT2D eigenvalue weighted by atomic mass is 15.2. The summed E-state index contributed by atoms with van der Waals surface area (Å²) >= 11 is 0. The first-order valence-electron chi connectivity index (χ1n) is 5.18. The molecule has 0 radical (unpaired) electrons. The molecular formula is C10H22N2. The van der Waals surface area contributed by atoms with Gasteiger partial charge in [-0.2, -0.15) is 0 Å². The topological polar surface area (TPSA) is 15.3 Å². The lowest BCUT2D eigenvalue weighted by atomic mass is 10.0. The monoisotopic (exact) mass is 170 g/mol. The smallest absolute Gasteiger partial charge is 0.0197 e. The van der Waals surface area contributed by atoms with E-state index in [2.05, 4.69) is 31.0 Å². The molecule has 0 saturated carbocycles. The second-order valence-corrected chi connectivity index (χ2v) is 4.17. The summed E-state index contributed by atoms with van der Waals surface area (Å²) in [6.45, 7) is 11.7. The maximum Gasteiger partial charge on any atom is 0.0197 e. The Labute approximate surface area is 76.3 Å². The van der Waals surface area contributed by atoms with Crippen molar-refractivity contribution < 1.29 is 0 Å². The van der Waals surface area contributed by atoms with Crippen molar-refractivity contribution >= 4 is 0 Å². The molecule has 1 N–H and O–H groups in total. The summed E-state index contributed by atoms with van der Waals surface area (Å²) in [4.78, 5) is 2.53. The average Bonchev–Trinajstić information content (AvgIpc) is 2.03. The minimum Gasteiger partial charge on any atom is -0.311 e. The van der Waals surface area contributed by atoms with Crippen molar-refractivity contribution in [3.63, 3.8) is 0 Å². The summed E-state index contributed by atoms with van der Waals surface area (Å²) in [6.07, 6.45) is 1.32. The highest BCUT2D eigenvalue weighted by molar-refractivity contribution is 4.78. The summed E-state index contributed by atoms with van der Waals surface area (Å²) in [5.41, 5.74) is 0. The SMILES string of the molecule is CCN1CCN[C@H](CC(C)C)C1. The van der Waals surface area contributed by atoms with Gasteiger partial charge in [-0.25, -0.2) is 0 Å². The van der Waals surface area contributed by atoms with E-state index >= 15 is 0 Å². The molecule has 0 aromatic carbocycles. The quantitative estimate of drug-likeness (QED) is 0.687. The Kier molecular flexibility index (Phi) is 4.02. The van der Waals surface area contributed by atoms with Crippen molar-refractivity contribution in [3.05, 3.63) is 0 Å².